The molecule has 1 unspecified atom stereocenters. The number of nitrogens with one attached hydrogen (secondary N) is 1. The molecule has 1 aromatic rings. The van der Waals surface area contributed by atoms with Gasteiger partial charge >= 0.3 is 12.1 Å². The first-order valence-corrected chi connectivity index (χ1v) is 9.15. The molecule has 0 radical (unpaired) electrons. The summed E-state index contributed by atoms with van der Waals surface area (Å²) in [5, 5.41) is 2.57. The number of carbonyl (C=O) groups is 2. The molecule has 1 N–H and O–H groups in total. The molecule has 1 fully saturated rings. The number of hydrogen-bond acceptors (Lipinski definition) is 5. The smallest absolute Gasteiger partial charge is 0.408 e. The number of amides is 1. The van der Waals surface area contributed by atoms with Crippen molar-refractivity contribution in [3.8, 4) is 0 Å². The molecule has 6 nitrogen and oxygen atoms in total. The fourth-order valence-corrected chi connectivity index (χ4v) is 2.66. The second-order valence-corrected chi connectivity index (χ2v) is 7.53. The molecular formula is C20H29NO5. The van der Waals surface area contributed by atoms with Crippen molar-refractivity contribution < 1.29 is 23.8 Å². The number of hydrogen-bond donors (Lipinski definition) is 1. The van der Waals surface area contributed by atoms with E-state index in [0.29, 0.717) is 0 Å². The number of ether oxygens (including phenoxy) is 3. The van der Waals surface area contributed by atoms with Gasteiger partial charge in [-0.25, -0.2) is 9.59 Å². The van der Waals surface area contributed by atoms with Gasteiger partial charge in [-0.05, 0) is 52.0 Å². The van der Waals surface area contributed by atoms with Gasteiger partial charge in [0.25, 0.3) is 0 Å². The van der Waals surface area contributed by atoms with Crippen LogP contribution in [0.2, 0.25) is 0 Å². The van der Waals surface area contributed by atoms with E-state index in [2.05, 4.69) is 5.32 Å². The monoisotopic (exact) mass is 363 g/mol. The highest BCUT2D eigenvalue weighted by atomic mass is 16.6. The zero-order chi connectivity index (χ0) is 19.0. The van der Waals surface area contributed by atoms with Crippen LogP contribution in [0.1, 0.15) is 52.0 Å². The third-order valence-electron chi connectivity index (χ3n) is 4.06. The molecule has 144 valence electrons. The number of alkyl carbamates (subject to hydrolysis) is 1. The van der Waals surface area contributed by atoms with Crippen molar-refractivity contribution in [1.82, 2.24) is 5.32 Å². The molecule has 0 saturated heterocycles. The van der Waals surface area contributed by atoms with Gasteiger partial charge in [-0.1, -0.05) is 30.3 Å². The molecule has 1 amide bonds. The summed E-state index contributed by atoms with van der Waals surface area (Å²) < 4.78 is 16.4. The van der Waals surface area contributed by atoms with E-state index >= 15 is 0 Å². The topological polar surface area (TPSA) is 73.9 Å². The Morgan fingerprint density at radius 3 is 2.42 bits per heavy atom. The molecule has 1 aromatic carbocycles. The van der Waals surface area contributed by atoms with E-state index in [4.69, 9.17) is 14.2 Å². The Balaban J connectivity index is 1.88. The summed E-state index contributed by atoms with van der Waals surface area (Å²) >= 11 is 0. The van der Waals surface area contributed by atoms with E-state index in [1.165, 1.54) is 0 Å². The second-order valence-electron chi connectivity index (χ2n) is 7.53. The van der Waals surface area contributed by atoms with Crippen LogP contribution in [0.15, 0.2) is 30.3 Å². The van der Waals surface area contributed by atoms with Gasteiger partial charge in [0, 0.05) is 0 Å². The van der Waals surface area contributed by atoms with Crippen molar-refractivity contribution in [1.29, 1.82) is 0 Å². The van der Waals surface area contributed by atoms with Crippen molar-refractivity contribution in [3.63, 3.8) is 0 Å². The van der Waals surface area contributed by atoms with Crippen LogP contribution < -0.4 is 5.32 Å². The summed E-state index contributed by atoms with van der Waals surface area (Å²) in [6.07, 6.45) is 3.14. The number of esters is 1. The van der Waals surface area contributed by atoms with E-state index in [0.717, 1.165) is 31.2 Å². The lowest BCUT2D eigenvalue weighted by atomic mass is 10.2. The van der Waals surface area contributed by atoms with Crippen molar-refractivity contribution in [2.75, 3.05) is 6.61 Å². The summed E-state index contributed by atoms with van der Waals surface area (Å²) in [6, 6.07) is 8.47. The lowest BCUT2D eigenvalue weighted by Gasteiger charge is -2.25. The number of benzene rings is 1. The predicted octanol–water partition coefficient (Wildman–Crippen LogP) is 3.58. The van der Waals surface area contributed by atoms with Gasteiger partial charge < -0.3 is 19.5 Å². The average Bonchev–Trinajstić information content (AvgIpc) is 3.09. The van der Waals surface area contributed by atoms with Gasteiger partial charge in [-0.3, -0.25) is 0 Å². The summed E-state index contributed by atoms with van der Waals surface area (Å²) in [5.74, 6) is -0.474. The van der Waals surface area contributed by atoms with Crippen LogP contribution in [0, 0.1) is 0 Å². The predicted molar refractivity (Wildman–Crippen MR) is 97.6 cm³/mol. The highest BCUT2D eigenvalue weighted by Gasteiger charge is 2.29. The van der Waals surface area contributed by atoms with Crippen molar-refractivity contribution in [3.05, 3.63) is 35.9 Å². The molecule has 0 heterocycles. The number of rotatable bonds is 7. The third kappa shape index (κ3) is 7.44. The molecule has 0 spiro atoms. The normalized spacial score (nSPS) is 16.1. The maximum atomic E-state index is 12.5. The third-order valence-corrected chi connectivity index (χ3v) is 4.06. The van der Waals surface area contributed by atoms with Crippen molar-refractivity contribution in [2.24, 2.45) is 0 Å². The molecule has 0 bridgehead atoms. The van der Waals surface area contributed by atoms with Gasteiger partial charge in [-0.15, -0.1) is 0 Å². The zero-order valence-corrected chi connectivity index (χ0v) is 15.8. The fraction of sp³-hybridized carbons (Fsp3) is 0.600. The summed E-state index contributed by atoms with van der Waals surface area (Å²) in [4.78, 5) is 24.5. The first-order valence-electron chi connectivity index (χ1n) is 9.15. The molecule has 0 aliphatic heterocycles. The molecule has 1 aliphatic rings. The minimum absolute atomic E-state index is 0.0372. The summed E-state index contributed by atoms with van der Waals surface area (Å²) in [6.45, 7) is 5.84. The number of carbonyl (C=O) groups excluding carboxylic acids is 2. The standard InChI is InChI=1S/C20H29NO5/c1-20(2,3)25-14-17(18(22)26-16-11-7-8-12-16)21-19(23)24-13-15-9-5-4-6-10-15/h4-6,9-10,16-17H,7-8,11-14H2,1-3H3,(H,21,23). The maximum absolute atomic E-state index is 12.5. The Kier molecular flexibility index (Phi) is 7.45. The van der Waals surface area contributed by atoms with Crippen LogP contribution in [0.3, 0.4) is 0 Å². The van der Waals surface area contributed by atoms with Crippen molar-refractivity contribution in [2.45, 2.75) is 70.8 Å². The largest absolute Gasteiger partial charge is 0.461 e. The van der Waals surface area contributed by atoms with Crippen LogP contribution in [0.5, 0.6) is 0 Å². The minimum atomic E-state index is -0.891. The highest BCUT2D eigenvalue weighted by molar-refractivity contribution is 5.81. The first-order chi connectivity index (χ1) is 12.3. The zero-order valence-electron chi connectivity index (χ0n) is 15.8. The molecule has 2 rings (SSSR count). The molecular weight excluding hydrogens is 334 g/mol. The van der Waals surface area contributed by atoms with Gasteiger partial charge in [0.2, 0.25) is 0 Å². The van der Waals surface area contributed by atoms with Crippen LogP contribution in [-0.2, 0) is 25.6 Å². The highest BCUT2D eigenvalue weighted by Crippen LogP contribution is 2.21. The Labute approximate surface area is 155 Å². The van der Waals surface area contributed by atoms with Crippen LogP contribution >= 0.6 is 0 Å². The van der Waals surface area contributed by atoms with E-state index < -0.39 is 23.7 Å². The van der Waals surface area contributed by atoms with E-state index in [-0.39, 0.29) is 19.3 Å². The van der Waals surface area contributed by atoms with E-state index in [1.807, 2.05) is 51.1 Å². The molecule has 0 aromatic heterocycles. The van der Waals surface area contributed by atoms with Crippen molar-refractivity contribution >= 4 is 12.1 Å². The second kappa shape index (κ2) is 9.57. The maximum Gasteiger partial charge on any atom is 0.408 e. The van der Waals surface area contributed by atoms with Gasteiger partial charge in [0.1, 0.15) is 12.7 Å². The summed E-state index contributed by atoms with van der Waals surface area (Å²) in [5.41, 5.74) is 0.445. The van der Waals surface area contributed by atoms with Gasteiger partial charge in [-0.2, -0.15) is 0 Å². The Hall–Kier alpha value is -2.08. The van der Waals surface area contributed by atoms with Gasteiger partial charge in [0.05, 0.1) is 12.2 Å². The molecule has 6 heteroatoms. The van der Waals surface area contributed by atoms with Crippen LogP contribution in [0.25, 0.3) is 0 Å². The first kappa shape index (κ1) is 20.2. The Morgan fingerprint density at radius 2 is 1.81 bits per heavy atom. The average molecular weight is 363 g/mol. The Bertz CT molecular complexity index is 576. The summed E-state index contributed by atoms with van der Waals surface area (Å²) in [7, 11) is 0. The lowest BCUT2D eigenvalue weighted by Crippen LogP contribution is -2.47. The lowest BCUT2D eigenvalue weighted by molar-refractivity contribution is -0.154. The van der Waals surface area contributed by atoms with E-state index in [9.17, 15) is 9.59 Å². The Morgan fingerprint density at radius 1 is 1.15 bits per heavy atom. The van der Waals surface area contributed by atoms with Gasteiger partial charge in [0.15, 0.2) is 6.04 Å². The SMILES string of the molecule is CC(C)(C)OCC(NC(=O)OCc1ccccc1)C(=O)OC1CCCC1. The molecule has 26 heavy (non-hydrogen) atoms. The van der Waals surface area contributed by atoms with E-state index in [1.54, 1.807) is 0 Å². The van der Waals surface area contributed by atoms with Crippen LogP contribution in [0.4, 0.5) is 4.79 Å². The van der Waals surface area contributed by atoms with Crippen LogP contribution in [-0.4, -0.2) is 36.4 Å². The molecule has 1 aliphatic carbocycles. The molecule has 1 atom stereocenters. The fourth-order valence-electron chi connectivity index (χ4n) is 2.66. The quantitative estimate of drug-likeness (QED) is 0.750. The minimum Gasteiger partial charge on any atom is -0.461 e. The molecule has 1 saturated carbocycles.